The quantitative estimate of drug-likeness (QED) is 0.363. The summed E-state index contributed by atoms with van der Waals surface area (Å²) in [6.07, 6.45) is 9.25. The highest BCUT2D eigenvalue weighted by Gasteiger charge is 2.22. The van der Waals surface area contributed by atoms with Crippen LogP contribution >= 0.6 is 0 Å². The normalized spacial score (nSPS) is 15.2. The van der Waals surface area contributed by atoms with Crippen LogP contribution in [-0.4, -0.2) is 46.6 Å². The van der Waals surface area contributed by atoms with Crippen molar-refractivity contribution >= 4 is 16.8 Å². The van der Waals surface area contributed by atoms with Gasteiger partial charge in [-0.15, -0.1) is 0 Å². The minimum absolute atomic E-state index is 0.0205. The summed E-state index contributed by atoms with van der Waals surface area (Å²) in [6, 6.07) is 7.05. The first-order chi connectivity index (χ1) is 14.1. The fraction of sp³-hybridized carbons (Fsp3) is 0.478. The summed E-state index contributed by atoms with van der Waals surface area (Å²) < 4.78 is 0. The van der Waals surface area contributed by atoms with E-state index in [0.29, 0.717) is 18.1 Å². The van der Waals surface area contributed by atoms with Crippen molar-refractivity contribution in [3.63, 3.8) is 0 Å². The molecule has 1 aliphatic rings. The maximum Gasteiger partial charge on any atom is 0.248 e. The molecule has 1 saturated carbocycles. The third kappa shape index (κ3) is 5.48. The van der Waals surface area contributed by atoms with Crippen LogP contribution < -0.4 is 10.9 Å². The number of carbonyl (C=O) groups is 1. The van der Waals surface area contributed by atoms with E-state index < -0.39 is 0 Å². The third-order valence-electron chi connectivity index (χ3n) is 5.79. The first-order valence-electron chi connectivity index (χ1n) is 10.6. The Hall–Kier alpha value is -2.60. The van der Waals surface area contributed by atoms with Gasteiger partial charge in [0.15, 0.2) is 0 Å². The molecule has 3 N–H and O–H groups in total. The van der Waals surface area contributed by atoms with Crippen molar-refractivity contribution in [3.05, 3.63) is 52.8 Å². The van der Waals surface area contributed by atoms with Crippen LogP contribution in [0.3, 0.4) is 0 Å². The maximum atomic E-state index is 12.3. The highest BCUT2D eigenvalue weighted by Crippen LogP contribution is 2.25. The van der Waals surface area contributed by atoms with E-state index in [4.69, 9.17) is 0 Å². The number of nitrogens with one attached hydrogen (secondary N) is 2. The van der Waals surface area contributed by atoms with Crippen LogP contribution in [0, 0.1) is 0 Å². The molecule has 3 rings (SSSR count). The molecule has 29 heavy (non-hydrogen) atoms. The van der Waals surface area contributed by atoms with Gasteiger partial charge in [0, 0.05) is 30.6 Å². The molecule has 6 heteroatoms. The zero-order valence-corrected chi connectivity index (χ0v) is 17.0. The molecule has 1 fully saturated rings. The molecule has 156 valence electrons. The molecule has 0 unspecified atom stereocenters. The van der Waals surface area contributed by atoms with Gasteiger partial charge in [0.05, 0.1) is 5.52 Å². The molecule has 0 atom stereocenters. The SMILES string of the molecule is C=CC(=O)N(CCNCCc1ccc(O)c2[nH]c(=O)ccc12)C1CCCCCC1. The van der Waals surface area contributed by atoms with Crippen molar-refractivity contribution in [2.45, 2.75) is 51.0 Å². The Bertz CT molecular complexity index is 898. The summed E-state index contributed by atoms with van der Waals surface area (Å²) in [5.74, 6) is 0.101. The van der Waals surface area contributed by atoms with Crippen LogP contribution in [-0.2, 0) is 11.2 Å². The van der Waals surface area contributed by atoms with E-state index in [9.17, 15) is 14.7 Å². The van der Waals surface area contributed by atoms with Gasteiger partial charge < -0.3 is 20.3 Å². The largest absolute Gasteiger partial charge is 0.506 e. The second kappa shape index (κ2) is 10.3. The number of H-pyrrole nitrogens is 1. The maximum absolute atomic E-state index is 12.3. The monoisotopic (exact) mass is 397 g/mol. The van der Waals surface area contributed by atoms with Crippen LogP contribution in [0.1, 0.15) is 44.1 Å². The number of rotatable bonds is 8. The van der Waals surface area contributed by atoms with E-state index in [-0.39, 0.29) is 17.2 Å². The number of nitrogens with zero attached hydrogens (tertiary/aromatic N) is 1. The van der Waals surface area contributed by atoms with E-state index in [1.54, 1.807) is 12.1 Å². The standard InChI is InChI=1S/C23H31N3O3/c1-2-22(29)26(18-7-5-3-4-6-8-18)16-15-24-14-13-17-9-11-20(27)23-19(17)10-12-21(28)25-23/h2,9-12,18,24,27H,1,3-8,13-16H2,(H,25,28). The molecule has 0 bridgehead atoms. The number of aromatic amines is 1. The second-order valence-electron chi connectivity index (χ2n) is 7.74. The summed E-state index contributed by atoms with van der Waals surface area (Å²) >= 11 is 0. The van der Waals surface area contributed by atoms with Gasteiger partial charge in [-0.2, -0.15) is 0 Å². The van der Waals surface area contributed by atoms with Gasteiger partial charge in [0.1, 0.15) is 5.75 Å². The number of aromatic nitrogens is 1. The van der Waals surface area contributed by atoms with Gasteiger partial charge in [-0.1, -0.05) is 38.3 Å². The zero-order chi connectivity index (χ0) is 20.6. The van der Waals surface area contributed by atoms with Crippen LogP contribution in [0.5, 0.6) is 5.75 Å². The van der Waals surface area contributed by atoms with E-state index in [2.05, 4.69) is 16.9 Å². The van der Waals surface area contributed by atoms with Crippen molar-refractivity contribution < 1.29 is 9.90 Å². The lowest BCUT2D eigenvalue weighted by Crippen LogP contribution is -2.43. The molecule has 2 aromatic rings. The molecular formula is C23H31N3O3. The molecule has 1 heterocycles. The minimum Gasteiger partial charge on any atom is -0.506 e. The first-order valence-corrected chi connectivity index (χ1v) is 10.6. The Morgan fingerprint density at radius 3 is 2.66 bits per heavy atom. The number of phenols is 1. The van der Waals surface area contributed by atoms with Crippen molar-refractivity contribution in [1.29, 1.82) is 0 Å². The lowest BCUT2D eigenvalue weighted by molar-refractivity contribution is -0.128. The first kappa shape index (κ1) is 21.1. The van der Waals surface area contributed by atoms with E-state index in [1.807, 2.05) is 11.0 Å². The molecule has 0 spiro atoms. The smallest absolute Gasteiger partial charge is 0.248 e. The number of carbonyl (C=O) groups excluding carboxylic acids is 1. The van der Waals surface area contributed by atoms with E-state index in [1.165, 1.54) is 37.8 Å². The Kier molecular flexibility index (Phi) is 7.47. The number of pyridine rings is 1. The summed E-state index contributed by atoms with van der Waals surface area (Å²) in [4.78, 5) is 28.5. The Morgan fingerprint density at radius 2 is 1.93 bits per heavy atom. The summed E-state index contributed by atoms with van der Waals surface area (Å²) in [6.45, 7) is 5.82. The molecule has 0 saturated heterocycles. The summed E-state index contributed by atoms with van der Waals surface area (Å²) in [5.41, 5.74) is 1.31. The molecule has 1 amide bonds. The molecular weight excluding hydrogens is 366 g/mol. The molecule has 1 aromatic heterocycles. The average molecular weight is 398 g/mol. The number of fused-ring (bicyclic) bond motifs is 1. The van der Waals surface area contributed by atoms with Gasteiger partial charge in [-0.3, -0.25) is 9.59 Å². The fourth-order valence-electron chi connectivity index (χ4n) is 4.22. The highest BCUT2D eigenvalue weighted by molar-refractivity contribution is 5.87. The highest BCUT2D eigenvalue weighted by atomic mass is 16.3. The lowest BCUT2D eigenvalue weighted by Gasteiger charge is -2.30. The zero-order valence-electron chi connectivity index (χ0n) is 17.0. The van der Waals surface area contributed by atoms with Gasteiger partial charge in [0.2, 0.25) is 11.5 Å². The number of amides is 1. The molecule has 0 aliphatic heterocycles. The molecule has 0 radical (unpaired) electrons. The van der Waals surface area contributed by atoms with Gasteiger partial charge >= 0.3 is 0 Å². The topological polar surface area (TPSA) is 85.4 Å². The number of hydrogen-bond acceptors (Lipinski definition) is 4. The third-order valence-corrected chi connectivity index (χ3v) is 5.79. The predicted octanol–water partition coefficient (Wildman–Crippen LogP) is 3.10. The van der Waals surface area contributed by atoms with Crippen molar-refractivity contribution in [2.24, 2.45) is 0 Å². The Morgan fingerprint density at radius 1 is 1.17 bits per heavy atom. The summed E-state index contributed by atoms with van der Waals surface area (Å²) in [7, 11) is 0. The van der Waals surface area contributed by atoms with Crippen molar-refractivity contribution in [2.75, 3.05) is 19.6 Å². The van der Waals surface area contributed by atoms with Crippen LogP contribution in [0.25, 0.3) is 10.9 Å². The number of benzene rings is 1. The van der Waals surface area contributed by atoms with Crippen molar-refractivity contribution in [1.82, 2.24) is 15.2 Å². The number of phenolic OH excluding ortho intramolecular Hbond substituents is 1. The van der Waals surface area contributed by atoms with Crippen LogP contribution in [0.15, 0.2) is 41.7 Å². The fourth-order valence-corrected chi connectivity index (χ4v) is 4.22. The average Bonchev–Trinajstić information content (AvgIpc) is 3.01. The Labute approximate surface area is 171 Å². The van der Waals surface area contributed by atoms with Gasteiger partial charge in [-0.05, 0) is 49.6 Å². The van der Waals surface area contributed by atoms with Crippen LogP contribution in [0.4, 0.5) is 0 Å². The van der Waals surface area contributed by atoms with Gasteiger partial charge in [-0.25, -0.2) is 0 Å². The van der Waals surface area contributed by atoms with Crippen molar-refractivity contribution in [3.8, 4) is 5.75 Å². The Balaban J connectivity index is 1.55. The van der Waals surface area contributed by atoms with E-state index >= 15 is 0 Å². The number of hydrogen-bond donors (Lipinski definition) is 3. The van der Waals surface area contributed by atoms with Gasteiger partial charge in [0.25, 0.3) is 0 Å². The minimum atomic E-state index is -0.228. The molecule has 6 nitrogen and oxygen atoms in total. The van der Waals surface area contributed by atoms with E-state index in [0.717, 1.165) is 43.3 Å². The predicted molar refractivity (Wildman–Crippen MR) is 116 cm³/mol. The molecule has 1 aliphatic carbocycles. The second-order valence-corrected chi connectivity index (χ2v) is 7.74. The van der Waals surface area contributed by atoms with Crippen LogP contribution in [0.2, 0.25) is 0 Å². The summed E-state index contributed by atoms with van der Waals surface area (Å²) in [5, 5.41) is 14.3. The number of aromatic hydroxyl groups is 1. The lowest BCUT2D eigenvalue weighted by atomic mass is 10.0. The molecule has 1 aromatic carbocycles.